The average molecular weight is 369 g/mol. The molecule has 0 atom stereocenters. The van der Waals surface area contributed by atoms with Crippen LogP contribution in [-0.4, -0.2) is 28.7 Å². The second-order valence-corrected chi connectivity index (χ2v) is 5.95. The van der Waals surface area contributed by atoms with Crippen LogP contribution in [0.4, 0.5) is 18.3 Å². The number of hydrogen-bond acceptors (Lipinski definition) is 5. The van der Waals surface area contributed by atoms with Crippen LogP contribution < -0.4 is 15.6 Å². The number of hydrogen-bond donors (Lipinski definition) is 2. The number of aromatic nitrogens is 2. The molecule has 25 heavy (non-hydrogen) atoms. The molecule has 2 N–H and O–H groups in total. The molecule has 0 saturated heterocycles. The zero-order valence-corrected chi connectivity index (χ0v) is 13.2. The Labute approximate surface area is 142 Å². The summed E-state index contributed by atoms with van der Waals surface area (Å²) >= 11 is 1.06. The van der Waals surface area contributed by atoms with E-state index in [-0.39, 0.29) is 16.4 Å². The van der Waals surface area contributed by atoms with E-state index in [4.69, 9.17) is 0 Å². The van der Waals surface area contributed by atoms with Crippen LogP contribution in [0.25, 0.3) is 10.2 Å². The van der Waals surface area contributed by atoms with Crippen LogP contribution in [0.1, 0.15) is 10.4 Å². The van der Waals surface area contributed by atoms with Gasteiger partial charge in [0, 0.05) is 6.20 Å². The summed E-state index contributed by atoms with van der Waals surface area (Å²) in [4.78, 5) is 30.2. The zero-order valence-electron chi connectivity index (χ0n) is 12.4. The third-order valence-electron chi connectivity index (χ3n) is 3.05. The van der Waals surface area contributed by atoms with Crippen molar-refractivity contribution in [3.8, 4) is 5.75 Å². The van der Waals surface area contributed by atoms with Gasteiger partial charge in [0.15, 0.2) is 11.7 Å². The molecular formula is C15H10F3N3O3S. The second-order valence-electron chi connectivity index (χ2n) is 4.92. The standard InChI is InChI=1S/C15H10F3N3O3S/c16-15(17,18)7-24-8-3-4-10-11(6-8)25-14(20-10)21-13(23)9-2-1-5-19-12(9)22/h1-6H,7H2,(H,19,22)(H,20,21,23). The molecule has 0 aliphatic rings. The summed E-state index contributed by atoms with van der Waals surface area (Å²) in [5, 5.41) is 2.71. The van der Waals surface area contributed by atoms with E-state index in [1.165, 1.54) is 36.5 Å². The Kier molecular flexibility index (Phi) is 4.45. The third kappa shape index (κ3) is 4.15. The fraction of sp³-hybridized carbons (Fsp3) is 0.133. The third-order valence-corrected chi connectivity index (χ3v) is 3.98. The lowest BCUT2D eigenvalue weighted by atomic mass is 10.3. The van der Waals surface area contributed by atoms with Gasteiger partial charge in [-0.1, -0.05) is 11.3 Å². The van der Waals surface area contributed by atoms with E-state index in [0.717, 1.165) is 11.3 Å². The number of carbonyl (C=O) groups is 1. The maximum absolute atomic E-state index is 12.2. The summed E-state index contributed by atoms with van der Waals surface area (Å²) in [5.41, 5.74) is -0.124. The van der Waals surface area contributed by atoms with Crippen molar-refractivity contribution in [1.82, 2.24) is 9.97 Å². The molecule has 0 fully saturated rings. The van der Waals surface area contributed by atoms with Gasteiger partial charge in [0.2, 0.25) is 0 Å². The predicted molar refractivity (Wildman–Crippen MR) is 86.2 cm³/mol. The number of alkyl halides is 3. The molecule has 2 aromatic heterocycles. The first-order chi connectivity index (χ1) is 11.8. The second kappa shape index (κ2) is 6.55. The van der Waals surface area contributed by atoms with Crippen LogP contribution >= 0.6 is 11.3 Å². The number of nitrogens with zero attached hydrogens (tertiary/aromatic N) is 1. The number of H-pyrrole nitrogens is 1. The molecule has 0 radical (unpaired) electrons. The molecule has 6 nitrogen and oxygen atoms in total. The Bertz CT molecular complexity index is 981. The van der Waals surface area contributed by atoms with Crippen LogP contribution in [0.2, 0.25) is 0 Å². The SMILES string of the molecule is O=C(Nc1nc2ccc(OCC(F)(F)F)cc2s1)c1ccc[nH]c1=O. The van der Waals surface area contributed by atoms with E-state index >= 15 is 0 Å². The highest BCUT2D eigenvalue weighted by atomic mass is 32.1. The first-order valence-corrected chi connectivity index (χ1v) is 7.73. The normalized spacial score (nSPS) is 11.5. The average Bonchev–Trinajstić information content (AvgIpc) is 2.94. The number of aromatic amines is 1. The number of carbonyl (C=O) groups excluding carboxylic acids is 1. The molecule has 1 aromatic carbocycles. The van der Waals surface area contributed by atoms with Gasteiger partial charge in [0.1, 0.15) is 11.3 Å². The van der Waals surface area contributed by atoms with Gasteiger partial charge >= 0.3 is 6.18 Å². The molecule has 3 aromatic rings. The van der Waals surface area contributed by atoms with Crippen LogP contribution in [0.5, 0.6) is 5.75 Å². The maximum atomic E-state index is 12.2. The largest absolute Gasteiger partial charge is 0.484 e. The number of benzene rings is 1. The molecule has 0 aliphatic heterocycles. The van der Waals surface area contributed by atoms with Gasteiger partial charge in [-0.3, -0.25) is 14.9 Å². The van der Waals surface area contributed by atoms with E-state index in [0.29, 0.717) is 10.2 Å². The summed E-state index contributed by atoms with van der Waals surface area (Å²) in [6.45, 7) is -1.39. The highest BCUT2D eigenvalue weighted by Gasteiger charge is 2.28. The highest BCUT2D eigenvalue weighted by Crippen LogP contribution is 2.30. The van der Waals surface area contributed by atoms with Crippen LogP contribution in [0.3, 0.4) is 0 Å². The first-order valence-electron chi connectivity index (χ1n) is 6.91. The quantitative estimate of drug-likeness (QED) is 0.740. The zero-order chi connectivity index (χ0) is 18.0. The Hall–Kier alpha value is -2.88. The highest BCUT2D eigenvalue weighted by molar-refractivity contribution is 7.22. The van der Waals surface area contributed by atoms with Gasteiger partial charge in [0.25, 0.3) is 11.5 Å². The summed E-state index contributed by atoms with van der Waals surface area (Å²) in [7, 11) is 0. The van der Waals surface area contributed by atoms with Gasteiger partial charge in [-0.05, 0) is 30.3 Å². The van der Waals surface area contributed by atoms with E-state index in [1.807, 2.05) is 0 Å². The fourth-order valence-electron chi connectivity index (χ4n) is 1.98. The smallest absolute Gasteiger partial charge is 0.422 e. The topological polar surface area (TPSA) is 84.1 Å². The lowest BCUT2D eigenvalue weighted by Gasteiger charge is -2.08. The summed E-state index contributed by atoms with van der Waals surface area (Å²) < 4.78 is 41.8. The molecule has 10 heteroatoms. The van der Waals surface area contributed by atoms with Gasteiger partial charge in [-0.25, -0.2) is 4.98 Å². The number of nitrogens with one attached hydrogen (secondary N) is 2. The number of anilines is 1. The van der Waals surface area contributed by atoms with Crippen molar-refractivity contribution in [2.45, 2.75) is 6.18 Å². The van der Waals surface area contributed by atoms with Crippen molar-refractivity contribution in [3.05, 3.63) is 52.4 Å². The molecule has 3 rings (SSSR count). The van der Waals surface area contributed by atoms with Crippen molar-refractivity contribution in [3.63, 3.8) is 0 Å². The van der Waals surface area contributed by atoms with Gasteiger partial charge < -0.3 is 9.72 Å². The number of halogens is 3. The van der Waals surface area contributed by atoms with E-state index in [9.17, 15) is 22.8 Å². The Morgan fingerprint density at radius 1 is 1.32 bits per heavy atom. The van der Waals surface area contributed by atoms with Crippen molar-refractivity contribution >= 4 is 32.6 Å². The van der Waals surface area contributed by atoms with Crippen LogP contribution in [0.15, 0.2) is 41.3 Å². The minimum atomic E-state index is -4.43. The molecular weight excluding hydrogens is 359 g/mol. The van der Waals surface area contributed by atoms with E-state index in [2.05, 4.69) is 20.0 Å². The van der Waals surface area contributed by atoms with Gasteiger partial charge in [-0.2, -0.15) is 13.2 Å². The van der Waals surface area contributed by atoms with E-state index in [1.54, 1.807) is 0 Å². The number of thiazole rings is 1. The first kappa shape index (κ1) is 17.0. The van der Waals surface area contributed by atoms with Gasteiger partial charge in [-0.15, -0.1) is 0 Å². The predicted octanol–water partition coefficient (Wildman–Crippen LogP) is 3.18. The number of fused-ring (bicyclic) bond motifs is 1. The van der Waals surface area contributed by atoms with E-state index < -0.39 is 24.2 Å². The Morgan fingerprint density at radius 3 is 2.84 bits per heavy atom. The summed E-state index contributed by atoms with van der Waals surface area (Å²) in [5.74, 6) is -0.583. The molecule has 0 saturated carbocycles. The number of ether oxygens (including phenoxy) is 1. The Morgan fingerprint density at radius 2 is 2.12 bits per heavy atom. The van der Waals surface area contributed by atoms with Crippen LogP contribution in [-0.2, 0) is 0 Å². The molecule has 0 aliphatic carbocycles. The van der Waals surface area contributed by atoms with Crippen molar-refractivity contribution in [2.24, 2.45) is 0 Å². The Balaban J connectivity index is 1.78. The summed E-state index contributed by atoms with van der Waals surface area (Å²) in [6, 6.07) is 7.14. The summed E-state index contributed by atoms with van der Waals surface area (Å²) in [6.07, 6.45) is -3.02. The number of rotatable bonds is 4. The lowest BCUT2D eigenvalue weighted by Crippen LogP contribution is -2.22. The minimum absolute atomic E-state index is 0.0471. The molecule has 0 bridgehead atoms. The maximum Gasteiger partial charge on any atom is 0.422 e. The van der Waals surface area contributed by atoms with Gasteiger partial charge in [0.05, 0.1) is 10.2 Å². The monoisotopic (exact) mass is 369 g/mol. The molecule has 0 unspecified atom stereocenters. The van der Waals surface area contributed by atoms with Crippen molar-refractivity contribution in [2.75, 3.05) is 11.9 Å². The van der Waals surface area contributed by atoms with Crippen molar-refractivity contribution in [1.29, 1.82) is 0 Å². The number of amides is 1. The molecule has 0 spiro atoms. The van der Waals surface area contributed by atoms with Crippen LogP contribution in [0, 0.1) is 0 Å². The molecule has 2 heterocycles. The molecule has 130 valence electrons. The van der Waals surface area contributed by atoms with Crippen molar-refractivity contribution < 1.29 is 22.7 Å². The molecule has 1 amide bonds. The minimum Gasteiger partial charge on any atom is -0.484 e. The fourth-order valence-corrected chi connectivity index (χ4v) is 2.87. The number of pyridine rings is 1. The lowest BCUT2D eigenvalue weighted by molar-refractivity contribution is -0.153.